The van der Waals surface area contributed by atoms with Gasteiger partial charge < -0.3 is 19.9 Å². The van der Waals surface area contributed by atoms with Crippen LogP contribution in [-0.2, 0) is 19.4 Å². The Labute approximate surface area is 178 Å². The van der Waals surface area contributed by atoms with Crippen LogP contribution in [0.4, 0.5) is 11.4 Å². The maximum absolute atomic E-state index is 12.9. The molecule has 160 valence electrons. The number of aromatic nitrogens is 1. The number of hydrogen-bond donors (Lipinski definition) is 2. The Morgan fingerprint density at radius 2 is 2.06 bits per heavy atom. The molecule has 2 amide bonds. The molecule has 1 aliphatic heterocycles. The van der Waals surface area contributed by atoms with Crippen molar-refractivity contribution in [1.29, 1.82) is 0 Å². The van der Waals surface area contributed by atoms with Crippen molar-refractivity contribution in [3.8, 4) is 17.1 Å². The summed E-state index contributed by atoms with van der Waals surface area (Å²) in [6.45, 7) is 1.30. The summed E-state index contributed by atoms with van der Waals surface area (Å²) in [5, 5.41) is 8.01. The summed E-state index contributed by atoms with van der Waals surface area (Å²) in [5.41, 5.74) is 1.66. The van der Waals surface area contributed by atoms with Crippen LogP contribution in [0.2, 0.25) is 0 Å². The molecule has 2 heterocycles. The van der Waals surface area contributed by atoms with E-state index in [0.29, 0.717) is 17.1 Å². The number of hydrogen-bond acceptors (Lipinski definition) is 7. The number of anilines is 2. The molecule has 0 aliphatic carbocycles. The van der Waals surface area contributed by atoms with Crippen LogP contribution in [-0.4, -0.2) is 37.2 Å². The lowest BCUT2D eigenvalue weighted by Gasteiger charge is -2.19. The number of rotatable bonds is 6. The Bertz CT molecular complexity index is 1240. The Morgan fingerprint density at radius 3 is 2.84 bits per heavy atom. The highest BCUT2D eigenvalue weighted by Crippen LogP contribution is 2.32. The molecule has 9 nitrogen and oxygen atoms in total. The van der Waals surface area contributed by atoms with Crippen molar-refractivity contribution in [2.45, 2.75) is 23.5 Å². The number of benzene rings is 2. The van der Waals surface area contributed by atoms with E-state index in [2.05, 4.69) is 15.8 Å². The van der Waals surface area contributed by atoms with Crippen molar-refractivity contribution in [3.05, 3.63) is 54.7 Å². The first-order valence-electron chi connectivity index (χ1n) is 9.44. The summed E-state index contributed by atoms with van der Waals surface area (Å²) in [6, 6.07) is 12.9. The molecule has 1 atom stereocenters. The van der Waals surface area contributed by atoms with Gasteiger partial charge in [0.05, 0.1) is 22.0 Å². The fourth-order valence-corrected chi connectivity index (χ4v) is 4.53. The molecular formula is C21H19N3O6S. The van der Waals surface area contributed by atoms with Gasteiger partial charge in [-0.25, -0.2) is 8.42 Å². The molecule has 0 fully saturated rings. The predicted octanol–water partition coefficient (Wildman–Crippen LogP) is 2.86. The number of carbonyl (C=O) groups excluding carboxylic acids is 2. The van der Waals surface area contributed by atoms with Crippen LogP contribution in [0.5, 0.6) is 5.75 Å². The van der Waals surface area contributed by atoms with E-state index in [9.17, 15) is 18.0 Å². The van der Waals surface area contributed by atoms with Crippen molar-refractivity contribution in [3.63, 3.8) is 0 Å². The molecule has 4 rings (SSSR count). The zero-order chi connectivity index (χ0) is 22.0. The van der Waals surface area contributed by atoms with E-state index in [1.807, 2.05) is 6.07 Å². The van der Waals surface area contributed by atoms with Gasteiger partial charge in [0.15, 0.2) is 22.2 Å². The lowest BCUT2D eigenvalue weighted by Crippen LogP contribution is -2.27. The van der Waals surface area contributed by atoms with Gasteiger partial charge in [-0.05, 0) is 31.2 Å². The molecule has 0 spiro atoms. The summed E-state index contributed by atoms with van der Waals surface area (Å²) in [6.07, 6.45) is 1.29. The molecule has 2 aromatic carbocycles. The topological polar surface area (TPSA) is 128 Å². The van der Waals surface area contributed by atoms with E-state index >= 15 is 0 Å². The van der Waals surface area contributed by atoms with Gasteiger partial charge in [-0.3, -0.25) is 9.59 Å². The van der Waals surface area contributed by atoms with E-state index < -0.39 is 21.0 Å². The molecule has 1 unspecified atom stereocenters. The fourth-order valence-electron chi connectivity index (χ4n) is 3.16. The largest absolute Gasteiger partial charge is 0.482 e. The third-order valence-electron chi connectivity index (χ3n) is 4.79. The molecule has 0 saturated heterocycles. The van der Waals surface area contributed by atoms with Gasteiger partial charge >= 0.3 is 0 Å². The highest BCUT2D eigenvalue weighted by Gasteiger charge is 2.28. The van der Waals surface area contributed by atoms with Crippen LogP contribution >= 0.6 is 0 Å². The molecule has 1 aliphatic rings. The number of nitrogens with zero attached hydrogens (tertiary/aromatic N) is 1. The lowest BCUT2D eigenvalue weighted by molar-refractivity contribution is -0.118. The molecule has 10 heteroatoms. The summed E-state index contributed by atoms with van der Waals surface area (Å²) < 4.78 is 36.3. The van der Waals surface area contributed by atoms with Crippen molar-refractivity contribution < 1.29 is 27.3 Å². The zero-order valence-electron chi connectivity index (χ0n) is 16.5. The van der Waals surface area contributed by atoms with E-state index in [0.717, 1.165) is 5.56 Å². The lowest BCUT2D eigenvalue weighted by atomic mass is 10.1. The smallest absolute Gasteiger partial charge is 0.262 e. The molecular weight excluding hydrogens is 422 g/mol. The minimum absolute atomic E-state index is 0.0232. The normalized spacial score (nSPS) is 14.2. The summed E-state index contributed by atoms with van der Waals surface area (Å²) >= 11 is 0. The maximum atomic E-state index is 12.9. The van der Waals surface area contributed by atoms with Crippen LogP contribution < -0.4 is 15.4 Å². The third kappa shape index (κ3) is 4.43. The number of sulfone groups is 1. The van der Waals surface area contributed by atoms with Gasteiger partial charge in [-0.2, -0.15) is 0 Å². The Kier molecular flexibility index (Phi) is 5.47. The fraction of sp³-hybridized carbons (Fsp3) is 0.190. The number of carbonyl (C=O) groups is 2. The second kappa shape index (κ2) is 8.23. The first kappa shape index (κ1) is 20.6. The Morgan fingerprint density at radius 1 is 1.23 bits per heavy atom. The number of fused-ring (bicyclic) bond motifs is 1. The summed E-state index contributed by atoms with van der Waals surface area (Å²) in [4.78, 5) is 23.9. The van der Waals surface area contributed by atoms with Gasteiger partial charge in [-0.1, -0.05) is 17.3 Å². The van der Waals surface area contributed by atoms with Gasteiger partial charge in [0, 0.05) is 29.8 Å². The van der Waals surface area contributed by atoms with Crippen LogP contribution in [0.15, 0.2) is 64.1 Å². The predicted molar refractivity (Wildman–Crippen MR) is 112 cm³/mol. The third-order valence-corrected chi connectivity index (χ3v) is 6.92. The van der Waals surface area contributed by atoms with Gasteiger partial charge in [0.1, 0.15) is 5.75 Å². The first-order chi connectivity index (χ1) is 14.8. The second-order valence-corrected chi connectivity index (χ2v) is 9.43. The van der Waals surface area contributed by atoms with E-state index in [-0.39, 0.29) is 29.6 Å². The van der Waals surface area contributed by atoms with Crippen LogP contribution in [0.25, 0.3) is 11.3 Å². The second-order valence-electron chi connectivity index (χ2n) is 7.06. The Balaban J connectivity index is 1.45. The monoisotopic (exact) mass is 441 g/mol. The van der Waals surface area contributed by atoms with Crippen molar-refractivity contribution in [1.82, 2.24) is 5.16 Å². The SMILES string of the molecule is CC(CC(=O)Nc1cccc(-c2ccno2)c1)S(=O)(=O)c1ccc2c(c1)OCC(=O)N2. The Hall–Kier alpha value is -3.66. The number of ether oxygens (including phenoxy) is 1. The summed E-state index contributed by atoms with van der Waals surface area (Å²) in [5.74, 6) is 0.0900. The minimum Gasteiger partial charge on any atom is -0.482 e. The first-order valence-corrected chi connectivity index (χ1v) is 11.0. The standard InChI is InChI=1S/C21H19N3O6S/c1-13(31(27,28)16-5-6-17-19(11-16)29-12-21(26)24-17)9-20(25)23-15-4-2-3-14(10-15)18-7-8-22-30-18/h2-8,10-11,13H,9,12H2,1H3,(H,23,25)(H,24,26). The molecule has 2 N–H and O–H groups in total. The zero-order valence-corrected chi connectivity index (χ0v) is 17.3. The van der Waals surface area contributed by atoms with Gasteiger partial charge in [0.25, 0.3) is 5.91 Å². The number of amides is 2. The average molecular weight is 441 g/mol. The molecule has 31 heavy (non-hydrogen) atoms. The van der Waals surface area contributed by atoms with Crippen molar-refractivity contribution in [2.24, 2.45) is 0 Å². The quantitative estimate of drug-likeness (QED) is 0.602. The highest BCUT2D eigenvalue weighted by atomic mass is 32.2. The summed E-state index contributed by atoms with van der Waals surface area (Å²) in [7, 11) is -3.79. The van der Waals surface area contributed by atoms with Gasteiger partial charge in [0.2, 0.25) is 5.91 Å². The van der Waals surface area contributed by atoms with Crippen LogP contribution in [0, 0.1) is 0 Å². The minimum atomic E-state index is -3.79. The molecule has 0 radical (unpaired) electrons. The molecule has 1 aromatic heterocycles. The highest BCUT2D eigenvalue weighted by molar-refractivity contribution is 7.92. The van der Waals surface area contributed by atoms with Crippen LogP contribution in [0.1, 0.15) is 13.3 Å². The van der Waals surface area contributed by atoms with Crippen molar-refractivity contribution in [2.75, 3.05) is 17.2 Å². The molecule has 0 saturated carbocycles. The average Bonchev–Trinajstić information content (AvgIpc) is 3.28. The van der Waals surface area contributed by atoms with E-state index in [4.69, 9.17) is 9.26 Å². The van der Waals surface area contributed by atoms with E-state index in [1.54, 1.807) is 24.3 Å². The molecule has 0 bridgehead atoms. The maximum Gasteiger partial charge on any atom is 0.262 e. The van der Waals surface area contributed by atoms with Gasteiger partial charge in [-0.15, -0.1) is 0 Å². The number of nitrogens with one attached hydrogen (secondary N) is 2. The van der Waals surface area contributed by atoms with Crippen LogP contribution in [0.3, 0.4) is 0 Å². The van der Waals surface area contributed by atoms with E-state index in [1.165, 1.54) is 31.3 Å². The molecule has 3 aromatic rings. The van der Waals surface area contributed by atoms with Crippen molar-refractivity contribution >= 4 is 33.0 Å².